The predicted molar refractivity (Wildman–Crippen MR) is 92.5 cm³/mol. The summed E-state index contributed by atoms with van der Waals surface area (Å²) in [6.45, 7) is 7.72. The number of aryl methyl sites for hydroxylation is 2. The third kappa shape index (κ3) is 3.41. The first-order valence-electron chi connectivity index (χ1n) is 8.03. The molecule has 2 heterocycles. The Bertz CT molecular complexity index is 812. The molecule has 0 aliphatic rings. The summed E-state index contributed by atoms with van der Waals surface area (Å²) in [5.74, 6) is -0.680. The number of ether oxygens (including phenoxy) is 1. The van der Waals surface area contributed by atoms with E-state index in [2.05, 4.69) is 10.3 Å². The maximum absolute atomic E-state index is 12.8. The number of anilines is 1. The average molecular weight is 333 g/mol. The zero-order valence-corrected chi connectivity index (χ0v) is 14.4. The topological polar surface area (TPSA) is 93.4 Å². The summed E-state index contributed by atoms with van der Waals surface area (Å²) in [5.41, 5.74) is 1.12. The summed E-state index contributed by atoms with van der Waals surface area (Å²) >= 11 is 0. The molecule has 7 nitrogen and oxygen atoms in total. The number of rotatable bonds is 6. The molecule has 1 atom stereocenters. The number of aliphatic hydroxyl groups excluding tert-OH is 1. The van der Waals surface area contributed by atoms with Crippen LogP contribution in [0.5, 0.6) is 0 Å². The van der Waals surface area contributed by atoms with Gasteiger partial charge in [0.25, 0.3) is 5.56 Å². The summed E-state index contributed by atoms with van der Waals surface area (Å²) in [6, 6.07) is 3.63. The molecule has 0 aromatic carbocycles. The van der Waals surface area contributed by atoms with Gasteiger partial charge in [0.2, 0.25) is 0 Å². The zero-order valence-electron chi connectivity index (χ0n) is 14.4. The Hall–Kier alpha value is -2.41. The molecule has 0 saturated heterocycles. The van der Waals surface area contributed by atoms with E-state index < -0.39 is 17.6 Å². The van der Waals surface area contributed by atoms with Crippen LogP contribution in [0.15, 0.2) is 16.9 Å². The maximum Gasteiger partial charge on any atom is 0.345 e. The molecule has 0 radical (unpaired) electrons. The lowest BCUT2D eigenvalue weighted by Crippen LogP contribution is -2.30. The molecule has 0 aliphatic carbocycles. The number of esters is 1. The second-order valence-electron chi connectivity index (χ2n) is 5.57. The highest BCUT2D eigenvalue weighted by atomic mass is 16.5. The number of fused-ring (bicyclic) bond motifs is 1. The van der Waals surface area contributed by atoms with Crippen LogP contribution in [0.25, 0.3) is 11.0 Å². The van der Waals surface area contributed by atoms with Crippen LogP contribution in [-0.2, 0) is 11.3 Å². The SMILES string of the molecule is CCOC(=O)c1c(NCC(C)O)c2ccc(C)nc2n(CC)c1=O. The van der Waals surface area contributed by atoms with Crippen molar-refractivity contribution in [1.82, 2.24) is 9.55 Å². The van der Waals surface area contributed by atoms with Gasteiger partial charge in [-0.1, -0.05) is 0 Å². The van der Waals surface area contributed by atoms with Gasteiger partial charge in [-0.2, -0.15) is 0 Å². The Balaban J connectivity index is 2.82. The van der Waals surface area contributed by atoms with Crippen molar-refractivity contribution in [3.63, 3.8) is 0 Å². The van der Waals surface area contributed by atoms with Gasteiger partial charge in [-0.25, -0.2) is 9.78 Å². The van der Waals surface area contributed by atoms with Crippen molar-refractivity contribution in [2.24, 2.45) is 0 Å². The molecule has 7 heteroatoms. The largest absolute Gasteiger partial charge is 0.462 e. The van der Waals surface area contributed by atoms with Gasteiger partial charge >= 0.3 is 5.97 Å². The van der Waals surface area contributed by atoms with Crippen molar-refractivity contribution in [3.05, 3.63) is 33.7 Å². The Labute approximate surface area is 140 Å². The van der Waals surface area contributed by atoms with Crippen LogP contribution in [0, 0.1) is 6.92 Å². The van der Waals surface area contributed by atoms with E-state index in [1.165, 1.54) is 4.57 Å². The fourth-order valence-corrected chi connectivity index (χ4v) is 2.54. The summed E-state index contributed by atoms with van der Waals surface area (Å²) in [4.78, 5) is 29.6. The smallest absolute Gasteiger partial charge is 0.345 e. The van der Waals surface area contributed by atoms with E-state index in [-0.39, 0.29) is 18.7 Å². The number of nitrogens with zero attached hydrogens (tertiary/aromatic N) is 2. The average Bonchev–Trinajstić information content (AvgIpc) is 2.52. The summed E-state index contributed by atoms with van der Waals surface area (Å²) in [5, 5.41) is 13.2. The van der Waals surface area contributed by atoms with Gasteiger partial charge in [-0.15, -0.1) is 0 Å². The third-order valence-corrected chi connectivity index (χ3v) is 3.62. The molecular formula is C17H23N3O4. The van der Waals surface area contributed by atoms with Gasteiger partial charge in [0.1, 0.15) is 11.2 Å². The molecule has 0 amide bonds. The van der Waals surface area contributed by atoms with Crippen LogP contribution in [0.2, 0.25) is 0 Å². The van der Waals surface area contributed by atoms with E-state index in [1.807, 2.05) is 26.0 Å². The number of nitrogens with one attached hydrogen (secondary N) is 1. The normalized spacial score (nSPS) is 12.2. The molecule has 0 bridgehead atoms. The van der Waals surface area contributed by atoms with Crippen molar-refractivity contribution in [1.29, 1.82) is 0 Å². The second-order valence-corrected chi connectivity index (χ2v) is 5.57. The van der Waals surface area contributed by atoms with Crippen molar-refractivity contribution in [2.45, 2.75) is 40.3 Å². The van der Waals surface area contributed by atoms with Crippen LogP contribution in [0.4, 0.5) is 5.69 Å². The van der Waals surface area contributed by atoms with Gasteiger partial charge in [-0.05, 0) is 39.8 Å². The summed E-state index contributed by atoms with van der Waals surface area (Å²) in [7, 11) is 0. The van der Waals surface area contributed by atoms with Crippen LogP contribution >= 0.6 is 0 Å². The number of carbonyl (C=O) groups is 1. The fraction of sp³-hybridized carbons (Fsp3) is 0.471. The molecular weight excluding hydrogens is 310 g/mol. The first-order valence-corrected chi connectivity index (χ1v) is 8.03. The lowest BCUT2D eigenvalue weighted by atomic mass is 10.1. The lowest BCUT2D eigenvalue weighted by molar-refractivity contribution is 0.0525. The third-order valence-electron chi connectivity index (χ3n) is 3.62. The van der Waals surface area contributed by atoms with Crippen LogP contribution in [-0.4, -0.2) is 39.9 Å². The van der Waals surface area contributed by atoms with Gasteiger partial charge in [-0.3, -0.25) is 9.36 Å². The van der Waals surface area contributed by atoms with Crippen LogP contribution < -0.4 is 10.9 Å². The highest BCUT2D eigenvalue weighted by Crippen LogP contribution is 2.25. The predicted octanol–water partition coefficient (Wildman–Crippen LogP) is 1.69. The Morgan fingerprint density at radius 2 is 2.12 bits per heavy atom. The first kappa shape index (κ1) is 17.9. The number of hydrogen-bond donors (Lipinski definition) is 2. The highest BCUT2D eigenvalue weighted by Gasteiger charge is 2.24. The van der Waals surface area contributed by atoms with E-state index in [4.69, 9.17) is 4.74 Å². The van der Waals surface area contributed by atoms with Crippen molar-refractivity contribution in [2.75, 3.05) is 18.5 Å². The number of hydrogen-bond acceptors (Lipinski definition) is 6. The van der Waals surface area contributed by atoms with Crippen LogP contribution in [0.3, 0.4) is 0 Å². The minimum Gasteiger partial charge on any atom is -0.462 e. The molecule has 130 valence electrons. The molecule has 24 heavy (non-hydrogen) atoms. The quantitative estimate of drug-likeness (QED) is 0.782. The zero-order chi connectivity index (χ0) is 17.9. The number of aromatic nitrogens is 2. The van der Waals surface area contributed by atoms with E-state index >= 15 is 0 Å². The fourth-order valence-electron chi connectivity index (χ4n) is 2.54. The first-order chi connectivity index (χ1) is 11.4. The van der Waals surface area contributed by atoms with Crippen LogP contribution in [0.1, 0.15) is 36.8 Å². The lowest BCUT2D eigenvalue weighted by Gasteiger charge is -2.18. The van der Waals surface area contributed by atoms with E-state index in [0.29, 0.717) is 23.3 Å². The molecule has 0 aliphatic heterocycles. The minimum absolute atomic E-state index is 0.0579. The van der Waals surface area contributed by atoms with E-state index in [9.17, 15) is 14.7 Å². The Kier molecular flexibility index (Phi) is 5.56. The number of aliphatic hydroxyl groups is 1. The molecule has 1 unspecified atom stereocenters. The molecule has 2 N–H and O–H groups in total. The summed E-state index contributed by atoms with van der Waals surface area (Å²) in [6.07, 6.45) is -0.637. The molecule has 0 spiro atoms. The van der Waals surface area contributed by atoms with Crippen molar-refractivity contribution < 1.29 is 14.6 Å². The highest BCUT2D eigenvalue weighted by molar-refractivity contribution is 6.04. The summed E-state index contributed by atoms with van der Waals surface area (Å²) < 4.78 is 6.51. The minimum atomic E-state index is -0.680. The standard InChI is InChI=1S/C17H23N3O4/c1-5-20-15-12(8-7-10(3)19-15)14(18-9-11(4)21)13(16(20)22)17(23)24-6-2/h7-8,11,18,21H,5-6,9H2,1-4H3. The van der Waals surface area contributed by atoms with Crippen molar-refractivity contribution in [3.8, 4) is 0 Å². The second kappa shape index (κ2) is 7.44. The molecule has 2 rings (SSSR count). The Morgan fingerprint density at radius 3 is 2.71 bits per heavy atom. The van der Waals surface area contributed by atoms with Crippen molar-refractivity contribution >= 4 is 22.7 Å². The molecule has 0 saturated carbocycles. The number of pyridine rings is 2. The number of carbonyl (C=O) groups excluding carboxylic acids is 1. The maximum atomic E-state index is 12.8. The van der Waals surface area contributed by atoms with Gasteiger partial charge in [0, 0.05) is 24.2 Å². The van der Waals surface area contributed by atoms with E-state index in [1.54, 1.807) is 13.8 Å². The monoisotopic (exact) mass is 333 g/mol. The van der Waals surface area contributed by atoms with Gasteiger partial charge in [0.15, 0.2) is 0 Å². The molecule has 2 aromatic heterocycles. The molecule has 0 fully saturated rings. The van der Waals surface area contributed by atoms with Gasteiger partial charge < -0.3 is 15.2 Å². The van der Waals surface area contributed by atoms with E-state index in [0.717, 1.165) is 5.69 Å². The van der Waals surface area contributed by atoms with Gasteiger partial charge in [0.05, 0.1) is 18.4 Å². The Morgan fingerprint density at radius 1 is 1.42 bits per heavy atom. The molecule has 2 aromatic rings.